The van der Waals surface area contributed by atoms with E-state index >= 15 is 0 Å². The maximum absolute atomic E-state index is 12.2. The Hall–Kier alpha value is -2.17. The fourth-order valence-corrected chi connectivity index (χ4v) is 1.92. The summed E-state index contributed by atoms with van der Waals surface area (Å²) in [6, 6.07) is 2.72. The third-order valence-electron chi connectivity index (χ3n) is 2.05. The molecule has 0 bridgehead atoms. The lowest BCUT2D eigenvalue weighted by molar-refractivity contribution is -0.167. The first-order valence-corrected chi connectivity index (χ1v) is 5.93. The normalized spacial score (nSPS) is 11.4. The molecule has 7 nitrogen and oxygen atoms in total. The summed E-state index contributed by atoms with van der Waals surface area (Å²) in [5.41, 5.74) is -0.0668. The predicted octanol–water partition coefficient (Wildman–Crippen LogP) is 1.26. The lowest BCUT2D eigenvalue weighted by Crippen LogP contribution is -2.30. The molecule has 0 radical (unpaired) electrons. The number of aryl methyl sites for hydroxylation is 1. The van der Waals surface area contributed by atoms with Gasteiger partial charge in [-0.25, -0.2) is 9.67 Å². The molecule has 2 heterocycles. The molecule has 0 atom stereocenters. The molecule has 20 heavy (non-hydrogen) atoms. The Morgan fingerprint density at radius 1 is 1.45 bits per heavy atom. The molecule has 0 spiro atoms. The Bertz CT molecular complexity index is 628. The molecule has 2 aromatic rings. The molecule has 0 saturated carbocycles. The molecule has 0 fully saturated rings. The summed E-state index contributed by atoms with van der Waals surface area (Å²) in [7, 11) is 1.57. The van der Waals surface area contributed by atoms with Crippen molar-refractivity contribution in [1.29, 1.82) is 0 Å². The van der Waals surface area contributed by atoms with E-state index in [-0.39, 0.29) is 10.7 Å². The maximum atomic E-state index is 12.2. The molecule has 106 valence electrons. The first-order valence-electron chi connectivity index (χ1n) is 5.11. The van der Waals surface area contributed by atoms with Crippen molar-refractivity contribution in [3.63, 3.8) is 0 Å². The number of nitrogens with zero attached hydrogens (tertiary/aromatic N) is 5. The number of nitrogens with one attached hydrogen (secondary N) is 1. The molecule has 0 aliphatic heterocycles. The number of tetrazole rings is 1. The highest BCUT2D eigenvalue weighted by molar-refractivity contribution is 7.99. The number of aromatic nitrogens is 5. The van der Waals surface area contributed by atoms with Crippen LogP contribution in [-0.2, 0) is 11.8 Å². The fraction of sp³-hybridized carbons (Fsp3) is 0.222. The van der Waals surface area contributed by atoms with Crippen LogP contribution in [0.5, 0.6) is 0 Å². The van der Waals surface area contributed by atoms with Gasteiger partial charge < -0.3 is 5.32 Å². The minimum atomic E-state index is -4.97. The van der Waals surface area contributed by atoms with E-state index < -0.39 is 12.1 Å². The van der Waals surface area contributed by atoms with Crippen LogP contribution in [0.3, 0.4) is 0 Å². The van der Waals surface area contributed by atoms with E-state index in [1.165, 1.54) is 23.0 Å². The molecule has 11 heteroatoms. The largest absolute Gasteiger partial charge is 0.471 e. The Kier molecular flexibility index (Phi) is 3.88. The average Bonchev–Trinajstić information content (AvgIpc) is 2.76. The van der Waals surface area contributed by atoms with Crippen LogP contribution in [0.15, 0.2) is 28.5 Å². The number of alkyl halides is 3. The topological polar surface area (TPSA) is 85.6 Å². The van der Waals surface area contributed by atoms with Crippen molar-refractivity contribution in [2.75, 3.05) is 5.32 Å². The molecular weight excluding hydrogens is 297 g/mol. The Balaban J connectivity index is 2.23. The number of hydrogen-bond donors (Lipinski definition) is 1. The van der Waals surface area contributed by atoms with Gasteiger partial charge in [-0.1, -0.05) is 0 Å². The van der Waals surface area contributed by atoms with E-state index in [1.807, 2.05) is 0 Å². The number of hydrogen-bond acceptors (Lipinski definition) is 6. The molecule has 1 N–H and O–H groups in total. The van der Waals surface area contributed by atoms with E-state index in [0.29, 0.717) is 5.16 Å². The second-order valence-electron chi connectivity index (χ2n) is 3.50. The van der Waals surface area contributed by atoms with Crippen LogP contribution in [-0.4, -0.2) is 37.3 Å². The van der Waals surface area contributed by atoms with Crippen LogP contribution in [0.1, 0.15) is 0 Å². The third kappa shape index (κ3) is 3.23. The van der Waals surface area contributed by atoms with Crippen LogP contribution in [0.25, 0.3) is 0 Å². The zero-order valence-corrected chi connectivity index (χ0v) is 10.7. The summed E-state index contributed by atoms with van der Waals surface area (Å²) in [6.45, 7) is 0. The van der Waals surface area contributed by atoms with Gasteiger partial charge in [-0.15, -0.1) is 5.10 Å². The average molecular weight is 304 g/mol. The van der Waals surface area contributed by atoms with Gasteiger partial charge in [0.15, 0.2) is 0 Å². The molecule has 0 saturated heterocycles. The van der Waals surface area contributed by atoms with Gasteiger partial charge in [-0.3, -0.25) is 4.79 Å². The lowest BCUT2D eigenvalue weighted by Gasteiger charge is -2.10. The lowest BCUT2D eigenvalue weighted by atomic mass is 10.4. The summed E-state index contributed by atoms with van der Waals surface area (Å²) >= 11 is 0.934. The van der Waals surface area contributed by atoms with Crippen molar-refractivity contribution in [3.8, 4) is 0 Å². The third-order valence-corrected chi connectivity index (χ3v) is 3.09. The smallest absolute Gasteiger partial charge is 0.316 e. The minimum absolute atomic E-state index is 0.0668. The highest BCUT2D eigenvalue weighted by Gasteiger charge is 2.39. The van der Waals surface area contributed by atoms with E-state index in [2.05, 4.69) is 20.5 Å². The Labute approximate surface area is 114 Å². The highest BCUT2D eigenvalue weighted by atomic mass is 32.2. The monoisotopic (exact) mass is 304 g/mol. The van der Waals surface area contributed by atoms with E-state index in [1.54, 1.807) is 12.4 Å². The van der Waals surface area contributed by atoms with E-state index in [4.69, 9.17) is 0 Å². The van der Waals surface area contributed by atoms with Crippen molar-refractivity contribution in [1.82, 2.24) is 25.2 Å². The molecular formula is C9H7F3N6OS. The molecule has 0 unspecified atom stereocenters. The van der Waals surface area contributed by atoms with Crippen LogP contribution in [0, 0.1) is 0 Å². The first kappa shape index (κ1) is 14.2. The number of halogens is 3. The molecule has 0 aromatic carbocycles. The number of anilines is 1. The second-order valence-corrected chi connectivity index (χ2v) is 4.45. The Morgan fingerprint density at radius 2 is 2.20 bits per heavy atom. The quantitative estimate of drug-likeness (QED) is 0.918. The van der Waals surface area contributed by atoms with Crippen molar-refractivity contribution in [2.45, 2.75) is 16.4 Å². The van der Waals surface area contributed by atoms with Gasteiger partial charge in [0.25, 0.3) is 0 Å². The Morgan fingerprint density at radius 3 is 2.80 bits per heavy atom. The molecule has 0 aliphatic rings. The maximum Gasteiger partial charge on any atom is 0.471 e. The summed E-state index contributed by atoms with van der Waals surface area (Å²) in [5, 5.41) is 12.9. The van der Waals surface area contributed by atoms with Gasteiger partial charge in [0.2, 0.25) is 5.16 Å². The standard InChI is InChI=1S/C9H7F3N6OS/c1-18-8(15-16-17-18)20-6-5(3-2-4-13-6)14-7(19)9(10,11)12/h2-4H,1H3,(H,14,19). The van der Waals surface area contributed by atoms with Gasteiger partial charge in [0.05, 0.1) is 5.69 Å². The number of amides is 1. The molecule has 1 amide bonds. The van der Waals surface area contributed by atoms with Crippen molar-refractivity contribution in [3.05, 3.63) is 18.3 Å². The van der Waals surface area contributed by atoms with Gasteiger partial charge in [0.1, 0.15) is 5.03 Å². The van der Waals surface area contributed by atoms with Crippen LogP contribution >= 0.6 is 11.8 Å². The van der Waals surface area contributed by atoms with E-state index in [0.717, 1.165) is 11.8 Å². The van der Waals surface area contributed by atoms with Gasteiger partial charge in [0, 0.05) is 13.2 Å². The zero-order valence-electron chi connectivity index (χ0n) is 9.92. The van der Waals surface area contributed by atoms with Crippen molar-refractivity contribution in [2.24, 2.45) is 7.05 Å². The van der Waals surface area contributed by atoms with Crippen LogP contribution < -0.4 is 5.32 Å². The summed E-state index contributed by atoms with van der Waals surface area (Å²) in [4.78, 5) is 14.8. The van der Waals surface area contributed by atoms with Crippen LogP contribution in [0.2, 0.25) is 0 Å². The number of rotatable bonds is 3. The van der Waals surface area contributed by atoms with Gasteiger partial charge in [-0.2, -0.15) is 13.2 Å². The van der Waals surface area contributed by atoms with Gasteiger partial charge in [-0.05, 0) is 34.3 Å². The molecule has 2 aromatic heterocycles. The SMILES string of the molecule is Cn1nnnc1Sc1ncccc1NC(=O)C(F)(F)F. The zero-order chi connectivity index (χ0) is 14.8. The minimum Gasteiger partial charge on any atom is -0.316 e. The summed E-state index contributed by atoms with van der Waals surface area (Å²) in [6.07, 6.45) is -3.58. The van der Waals surface area contributed by atoms with E-state index in [9.17, 15) is 18.0 Å². The summed E-state index contributed by atoms with van der Waals surface area (Å²) in [5.74, 6) is -2.07. The second kappa shape index (κ2) is 5.45. The van der Waals surface area contributed by atoms with Crippen molar-refractivity contribution < 1.29 is 18.0 Å². The van der Waals surface area contributed by atoms with Crippen molar-refractivity contribution >= 4 is 23.4 Å². The fourth-order valence-electron chi connectivity index (χ4n) is 1.15. The number of pyridine rings is 1. The number of carbonyl (C=O) groups excluding carboxylic acids is 1. The van der Waals surface area contributed by atoms with Crippen LogP contribution in [0.4, 0.5) is 18.9 Å². The first-order chi connectivity index (χ1) is 9.38. The highest BCUT2D eigenvalue weighted by Crippen LogP contribution is 2.30. The number of carbonyl (C=O) groups is 1. The predicted molar refractivity (Wildman–Crippen MR) is 61.8 cm³/mol. The molecule has 2 rings (SSSR count). The summed E-state index contributed by atoms with van der Waals surface area (Å²) < 4.78 is 38.0. The molecule has 0 aliphatic carbocycles. The van der Waals surface area contributed by atoms with Gasteiger partial charge >= 0.3 is 12.1 Å².